The molecule has 0 saturated carbocycles. The van der Waals surface area contributed by atoms with Crippen LogP contribution in [0.3, 0.4) is 0 Å². The average molecular weight is 336 g/mol. The van der Waals surface area contributed by atoms with E-state index in [2.05, 4.69) is 15.4 Å². The van der Waals surface area contributed by atoms with Crippen molar-refractivity contribution in [2.75, 3.05) is 7.11 Å². The lowest BCUT2D eigenvalue weighted by Gasteiger charge is -2.08. The maximum absolute atomic E-state index is 11.9. The molecule has 1 aromatic heterocycles. The Balaban J connectivity index is 1.52. The molecule has 0 aliphatic carbocycles. The number of nitrogens with one attached hydrogen (secondary N) is 1. The van der Waals surface area contributed by atoms with Gasteiger partial charge in [-0.05, 0) is 28.8 Å². The van der Waals surface area contributed by atoms with Crippen LogP contribution in [0.15, 0.2) is 61.2 Å². The molecule has 2 aromatic carbocycles. The van der Waals surface area contributed by atoms with Crippen molar-refractivity contribution in [2.24, 2.45) is 0 Å². The third-order valence-corrected chi connectivity index (χ3v) is 3.88. The average Bonchev–Trinajstić information content (AvgIpc) is 3.19. The number of carbonyl (C=O) groups excluding carboxylic acids is 1. The Bertz CT molecular complexity index is 814. The molecule has 0 atom stereocenters. The molecule has 3 rings (SSSR count). The van der Waals surface area contributed by atoms with Crippen molar-refractivity contribution in [3.05, 3.63) is 66.7 Å². The number of aryl methyl sites for hydroxylation is 1. The third kappa shape index (κ3) is 4.67. The second kappa shape index (κ2) is 8.10. The number of hydrogen-bond acceptors (Lipinski definition) is 4. The van der Waals surface area contributed by atoms with Crippen LogP contribution >= 0.6 is 0 Å². The summed E-state index contributed by atoms with van der Waals surface area (Å²) in [5.74, 6) is 0.827. The Morgan fingerprint density at radius 2 is 2.00 bits per heavy atom. The highest BCUT2D eigenvalue weighted by atomic mass is 16.5. The third-order valence-electron chi connectivity index (χ3n) is 3.88. The molecule has 0 fully saturated rings. The number of rotatable bonds is 7. The van der Waals surface area contributed by atoms with Gasteiger partial charge in [-0.15, -0.1) is 0 Å². The van der Waals surface area contributed by atoms with E-state index in [1.165, 1.54) is 6.33 Å². The molecule has 128 valence electrons. The van der Waals surface area contributed by atoms with Crippen molar-refractivity contribution in [1.29, 1.82) is 0 Å². The maximum Gasteiger partial charge on any atom is 0.222 e. The lowest BCUT2D eigenvalue weighted by molar-refractivity contribution is -0.121. The summed E-state index contributed by atoms with van der Waals surface area (Å²) < 4.78 is 6.90. The first kappa shape index (κ1) is 16.7. The van der Waals surface area contributed by atoms with E-state index in [-0.39, 0.29) is 5.91 Å². The summed E-state index contributed by atoms with van der Waals surface area (Å²) in [5, 5.41) is 6.89. The molecule has 25 heavy (non-hydrogen) atoms. The van der Waals surface area contributed by atoms with Gasteiger partial charge < -0.3 is 10.1 Å². The van der Waals surface area contributed by atoms with Gasteiger partial charge in [-0.3, -0.25) is 9.48 Å². The van der Waals surface area contributed by atoms with Gasteiger partial charge in [0, 0.05) is 13.0 Å². The quantitative estimate of drug-likeness (QED) is 0.720. The van der Waals surface area contributed by atoms with Crippen molar-refractivity contribution in [3.8, 4) is 16.9 Å². The number of amides is 1. The van der Waals surface area contributed by atoms with Crippen molar-refractivity contribution in [2.45, 2.75) is 19.5 Å². The van der Waals surface area contributed by atoms with Gasteiger partial charge in [0.15, 0.2) is 0 Å². The predicted molar refractivity (Wildman–Crippen MR) is 94.9 cm³/mol. The molecule has 1 heterocycles. The summed E-state index contributed by atoms with van der Waals surface area (Å²) in [6.45, 7) is 1.04. The summed E-state index contributed by atoms with van der Waals surface area (Å²) >= 11 is 0. The van der Waals surface area contributed by atoms with E-state index in [1.54, 1.807) is 18.1 Å². The summed E-state index contributed by atoms with van der Waals surface area (Å²) in [7, 11) is 1.66. The van der Waals surface area contributed by atoms with Gasteiger partial charge in [0.1, 0.15) is 18.4 Å². The number of benzene rings is 2. The van der Waals surface area contributed by atoms with Crippen LogP contribution in [0.4, 0.5) is 0 Å². The first-order valence-corrected chi connectivity index (χ1v) is 8.07. The van der Waals surface area contributed by atoms with Crippen LogP contribution in [0, 0.1) is 0 Å². The van der Waals surface area contributed by atoms with Crippen LogP contribution in [0.2, 0.25) is 0 Å². The van der Waals surface area contributed by atoms with E-state index < -0.39 is 0 Å². The van der Waals surface area contributed by atoms with Gasteiger partial charge in [0.25, 0.3) is 0 Å². The van der Waals surface area contributed by atoms with E-state index in [1.807, 2.05) is 48.5 Å². The fourth-order valence-corrected chi connectivity index (χ4v) is 2.47. The molecule has 0 radical (unpaired) electrons. The summed E-state index contributed by atoms with van der Waals surface area (Å²) in [6, 6.07) is 16.1. The molecular formula is C19H20N4O2. The van der Waals surface area contributed by atoms with Gasteiger partial charge in [-0.2, -0.15) is 5.10 Å². The van der Waals surface area contributed by atoms with Crippen molar-refractivity contribution in [1.82, 2.24) is 20.1 Å². The molecule has 0 aliphatic rings. The van der Waals surface area contributed by atoms with Crippen molar-refractivity contribution >= 4 is 5.91 Å². The Morgan fingerprint density at radius 1 is 1.16 bits per heavy atom. The predicted octanol–water partition coefficient (Wildman–Crippen LogP) is 2.66. The highest BCUT2D eigenvalue weighted by molar-refractivity contribution is 5.75. The number of hydrogen-bond donors (Lipinski definition) is 1. The standard InChI is InChI=1S/C19H20N4O2/c1-25-18-4-2-3-17(11-18)16-7-5-15(6-8-16)12-21-19(24)9-10-23-14-20-13-22-23/h2-8,11,13-14H,9-10,12H2,1H3,(H,21,24). The molecule has 0 saturated heterocycles. The van der Waals surface area contributed by atoms with E-state index in [0.717, 1.165) is 22.4 Å². The zero-order valence-electron chi connectivity index (χ0n) is 14.1. The van der Waals surface area contributed by atoms with Crippen molar-refractivity contribution < 1.29 is 9.53 Å². The molecular weight excluding hydrogens is 316 g/mol. The molecule has 0 aliphatic heterocycles. The fraction of sp³-hybridized carbons (Fsp3) is 0.211. The minimum absolute atomic E-state index is 0.00706. The number of nitrogens with zero attached hydrogens (tertiary/aromatic N) is 3. The lowest BCUT2D eigenvalue weighted by atomic mass is 10.0. The van der Waals surface area contributed by atoms with Gasteiger partial charge >= 0.3 is 0 Å². The minimum atomic E-state index is -0.00706. The Labute approximate surface area is 146 Å². The lowest BCUT2D eigenvalue weighted by Crippen LogP contribution is -2.24. The van der Waals surface area contributed by atoms with Crippen LogP contribution in [-0.2, 0) is 17.9 Å². The largest absolute Gasteiger partial charge is 0.497 e. The monoisotopic (exact) mass is 336 g/mol. The van der Waals surface area contributed by atoms with Gasteiger partial charge in [0.05, 0.1) is 13.7 Å². The second-order valence-electron chi connectivity index (χ2n) is 5.61. The maximum atomic E-state index is 11.9. The highest BCUT2D eigenvalue weighted by Crippen LogP contribution is 2.24. The normalized spacial score (nSPS) is 10.4. The van der Waals surface area contributed by atoms with Gasteiger partial charge in [-0.1, -0.05) is 36.4 Å². The van der Waals surface area contributed by atoms with Crippen LogP contribution < -0.4 is 10.1 Å². The van der Waals surface area contributed by atoms with Crippen molar-refractivity contribution in [3.63, 3.8) is 0 Å². The first-order chi connectivity index (χ1) is 12.2. The molecule has 0 unspecified atom stereocenters. The summed E-state index contributed by atoms with van der Waals surface area (Å²) in [6.07, 6.45) is 3.44. The number of aromatic nitrogens is 3. The minimum Gasteiger partial charge on any atom is -0.497 e. The topological polar surface area (TPSA) is 69.0 Å². The Kier molecular flexibility index (Phi) is 5.41. The molecule has 0 spiro atoms. The Morgan fingerprint density at radius 3 is 2.72 bits per heavy atom. The second-order valence-corrected chi connectivity index (χ2v) is 5.61. The van der Waals surface area contributed by atoms with E-state index in [4.69, 9.17) is 4.74 Å². The van der Waals surface area contributed by atoms with Crippen LogP contribution in [-0.4, -0.2) is 27.8 Å². The zero-order valence-corrected chi connectivity index (χ0v) is 14.1. The number of carbonyl (C=O) groups is 1. The SMILES string of the molecule is COc1cccc(-c2ccc(CNC(=O)CCn3cncn3)cc2)c1. The zero-order chi connectivity index (χ0) is 17.5. The van der Waals surface area contributed by atoms with Gasteiger partial charge in [0.2, 0.25) is 5.91 Å². The molecule has 1 amide bonds. The summed E-state index contributed by atoms with van der Waals surface area (Å²) in [4.78, 5) is 15.7. The van der Waals surface area contributed by atoms with E-state index in [0.29, 0.717) is 19.5 Å². The van der Waals surface area contributed by atoms with Crippen LogP contribution in [0.25, 0.3) is 11.1 Å². The molecule has 6 heteroatoms. The van der Waals surface area contributed by atoms with Crippen LogP contribution in [0.1, 0.15) is 12.0 Å². The number of ether oxygens (including phenoxy) is 1. The Hall–Kier alpha value is -3.15. The van der Waals surface area contributed by atoms with E-state index in [9.17, 15) is 4.79 Å². The molecule has 0 bridgehead atoms. The smallest absolute Gasteiger partial charge is 0.222 e. The number of methoxy groups -OCH3 is 1. The fourth-order valence-electron chi connectivity index (χ4n) is 2.47. The van der Waals surface area contributed by atoms with Crippen LogP contribution in [0.5, 0.6) is 5.75 Å². The summed E-state index contributed by atoms with van der Waals surface area (Å²) in [5.41, 5.74) is 3.27. The molecule has 6 nitrogen and oxygen atoms in total. The molecule has 1 N–H and O–H groups in total. The van der Waals surface area contributed by atoms with Gasteiger partial charge in [-0.25, -0.2) is 4.98 Å². The highest BCUT2D eigenvalue weighted by Gasteiger charge is 2.04. The molecule has 3 aromatic rings. The van der Waals surface area contributed by atoms with E-state index >= 15 is 0 Å². The first-order valence-electron chi connectivity index (χ1n) is 8.07.